The van der Waals surface area contributed by atoms with Crippen molar-refractivity contribution in [2.24, 2.45) is 0 Å². The van der Waals surface area contributed by atoms with Gasteiger partial charge in [0.25, 0.3) is 0 Å². The first kappa shape index (κ1) is 5.85. The fraction of sp³-hybridized carbons (Fsp3) is 1.00. The van der Waals surface area contributed by atoms with Gasteiger partial charge in [0.05, 0.1) is 13.2 Å². The Morgan fingerprint density at radius 1 is 1.83 bits per heavy atom. The second-order valence-electron chi connectivity index (χ2n) is 1.05. The zero-order chi connectivity index (χ0) is 4.99. The van der Waals surface area contributed by atoms with Gasteiger partial charge in [-0.1, -0.05) is 0 Å². The van der Waals surface area contributed by atoms with Crippen LogP contribution in [-0.4, -0.2) is 30.4 Å². The lowest BCUT2D eigenvalue weighted by Gasteiger charge is -1.97. The van der Waals surface area contributed by atoms with E-state index in [9.17, 15) is 4.48 Å². The molecule has 0 radical (unpaired) electrons. The minimum Gasteiger partial charge on any atom is -0.395 e. The van der Waals surface area contributed by atoms with Gasteiger partial charge in [0.15, 0.2) is 0 Å². The van der Waals surface area contributed by atoms with Crippen LogP contribution in [0.2, 0.25) is 0 Å². The van der Waals surface area contributed by atoms with Gasteiger partial charge >= 0.3 is 0 Å². The van der Waals surface area contributed by atoms with E-state index in [2.05, 4.69) is 0 Å². The van der Waals surface area contributed by atoms with Crippen molar-refractivity contribution in [2.45, 2.75) is 0 Å². The van der Waals surface area contributed by atoms with E-state index in [-0.39, 0.29) is 13.2 Å². The Labute approximate surface area is 36.1 Å². The predicted molar refractivity (Wildman–Crippen MR) is 20.8 cm³/mol. The standard InChI is InChI=1S/C3H8FNO/c1-5(4)2-3-6/h6H,2-3H2,1H3. The van der Waals surface area contributed by atoms with Gasteiger partial charge in [-0.3, -0.25) is 0 Å². The Morgan fingerprint density at radius 2 is 2.33 bits per heavy atom. The van der Waals surface area contributed by atoms with Crippen molar-refractivity contribution in [2.75, 3.05) is 20.2 Å². The lowest BCUT2D eigenvalue weighted by Crippen LogP contribution is -2.10. The van der Waals surface area contributed by atoms with Crippen molar-refractivity contribution in [3.05, 3.63) is 0 Å². The summed E-state index contributed by atoms with van der Waals surface area (Å²) in [6.45, 7) is -0.0208. The van der Waals surface area contributed by atoms with Crippen LogP contribution in [0.3, 0.4) is 0 Å². The number of likely N-dealkylation sites (N-methyl/N-ethyl adjacent to an activating group) is 1. The van der Waals surface area contributed by atoms with Gasteiger partial charge in [-0.25, -0.2) is 0 Å². The minimum absolute atomic E-state index is 0.0972. The number of nitrogens with zero attached hydrogens (tertiary/aromatic N) is 1. The molecule has 2 nitrogen and oxygen atoms in total. The molecule has 0 saturated carbocycles. The molecule has 38 valence electrons. The maximum Gasteiger partial charge on any atom is 0.0584 e. The van der Waals surface area contributed by atoms with Crippen LogP contribution in [0.25, 0.3) is 0 Å². The van der Waals surface area contributed by atoms with Crippen LogP contribution < -0.4 is 0 Å². The molecule has 0 atom stereocenters. The fourth-order valence-corrected chi connectivity index (χ4v) is 0.138. The smallest absolute Gasteiger partial charge is 0.0584 e. The predicted octanol–water partition coefficient (Wildman–Crippen LogP) is -0.205. The van der Waals surface area contributed by atoms with Gasteiger partial charge < -0.3 is 5.11 Å². The summed E-state index contributed by atoms with van der Waals surface area (Å²) in [5, 5.41) is 8.39. The summed E-state index contributed by atoms with van der Waals surface area (Å²) >= 11 is 0. The Balaban J connectivity index is 2.63. The number of rotatable bonds is 2. The Hall–Kier alpha value is -0.150. The lowest BCUT2D eigenvalue weighted by molar-refractivity contribution is 0.0403. The highest BCUT2D eigenvalue weighted by Crippen LogP contribution is 1.75. The van der Waals surface area contributed by atoms with Crippen molar-refractivity contribution < 1.29 is 9.59 Å². The van der Waals surface area contributed by atoms with Crippen LogP contribution in [0.5, 0.6) is 0 Å². The van der Waals surface area contributed by atoms with Crippen LogP contribution in [0, 0.1) is 0 Å². The van der Waals surface area contributed by atoms with Gasteiger partial charge in [0.1, 0.15) is 0 Å². The monoisotopic (exact) mass is 93.1 g/mol. The number of hydrogen-bond acceptors (Lipinski definition) is 2. The molecule has 1 N–H and O–H groups in total. The Morgan fingerprint density at radius 3 is 2.33 bits per heavy atom. The van der Waals surface area contributed by atoms with Crippen molar-refractivity contribution in [3.8, 4) is 0 Å². The maximum absolute atomic E-state index is 11.4. The van der Waals surface area contributed by atoms with E-state index in [0.717, 1.165) is 0 Å². The molecule has 0 aliphatic rings. The van der Waals surface area contributed by atoms with Crippen LogP contribution in [-0.2, 0) is 0 Å². The van der Waals surface area contributed by atoms with Crippen LogP contribution >= 0.6 is 0 Å². The first-order valence-electron chi connectivity index (χ1n) is 1.75. The third-order valence-corrected chi connectivity index (χ3v) is 0.408. The summed E-state index contributed by atoms with van der Waals surface area (Å²) in [4.78, 5) is 0. The van der Waals surface area contributed by atoms with Crippen LogP contribution in [0.1, 0.15) is 0 Å². The van der Waals surface area contributed by atoms with Crippen molar-refractivity contribution in [1.29, 1.82) is 0 Å². The number of aliphatic hydroxyl groups excluding tert-OH is 1. The molecular formula is C3H8FNO. The lowest BCUT2D eigenvalue weighted by atomic mass is 10.7. The van der Waals surface area contributed by atoms with Crippen molar-refractivity contribution >= 4 is 0 Å². The van der Waals surface area contributed by atoms with Crippen LogP contribution in [0.15, 0.2) is 0 Å². The van der Waals surface area contributed by atoms with E-state index in [1.165, 1.54) is 7.05 Å². The van der Waals surface area contributed by atoms with E-state index in [0.29, 0.717) is 5.12 Å². The molecule has 0 saturated heterocycles. The van der Waals surface area contributed by atoms with Gasteiger partial charge in [-0.15, -0.1) is 9.60 Å². The molecule has 0 heterocycles. The van der Waals surface area contributed by atoms with Crippen molar-refractivity contribution in [1.82, 2.24) is 5.12 Å². The topological polar surface area (TPSA) is 23.5 Å². The normalized spacial score (nSPS) is 10.0. The summed E-state index contributed by atoms with van der Waals surface area (Å²) in [5.41, 5.74) is 0. The second kappa shape index (κ2) is 3.06. The highest BCUT2D eigenvalue weighted by molar-refractivity contribution is 4.27. The molecule has 0 spiro atoms. The molecule has 0 amide bonds. The fourth-order valence-electron chi connectivity index (χ4n) is 0.138. The summed E-state index contributed by atoms with van der Waals surface area (Å²) in [5.74, 6) is 0. The number of halogens is 1. The van der Waals surface area contributed by atoms with E-state index in [4.69, 9.17) is 5.11 Å². The third-order valence-electron chi connectivity index (χ3n) is 0.408. The van der Waals surface area contributed by atoms with Gasteiger partial charge in [-0.05, 0) is 0 Å². The largest absolute Gasteiger partial charge is 0.395 e. The Bertz CT molecular complexity index is 32.0. The zero-order valence-electron chi connectivity index (χ0n) is 3.69. The van der Waals surface area contributed by atoms with E-state index < -0.39 is 0 Å². The molecule has 0 aliphatic heterocycles. The summed E-state index contributed by atoms with van der Waals surface area (Å²) in [6, 6.07) is 0. The molecule has 0 rings (SSSR count). The van der Waals surface area contributed by atoms with Crippen LogP contribution in [0.4, 0.5) is 4.48 Å². The van der Waals surface area contributed by atoms with Gasteiger partial charge in [0.2, 0.25) is 0 Å². The maximum atomic E-state index is 11.4. The quantitative estimate of drug-likeness (QED) is 0.478. The number of aliphatic hydroxyl groups is 1. The van der Waals surface area contributed by atoms with E-state index in [1.54, 1.807) is 0 Å². The first-order chi connectivity index (χ1) is 2.77. The highest BCUT2D eigenvalue weighted by atomic mass is 19.2. The Kier molecular flexibility index (Phi) is 2.98. The average Bonchev–Trinajstić information content (AvgIpc) is 1.35. The molecule has 6 heavy (non-hydrogen) atoms. The van der Waals surface area contributed by atoms with Crippen molar-refractivity contribution in [3.63, 3.8) is 0 Å². The zero-order valence-corrected chi connectivity index (χ0v) is 3.69. The van der Waals surface area contributed by atoms with E-state index >= 15 is 0 Å². The molecule has 0 bridgehead atoms. The summed E-state index contributed by atoms with van der Waals surface area (Å²) in [7, 11) is 1.26. The molecule has 0 aromatic heterocycles. The van der Waals surface area contributed by atoms with Gasteiger partial charge in [-0.2, -0.15) is 0 Å². The molecule has 0 fully saturated rings. The molecule has 0 aromatic carbocycles. The van der Waals surface area contributed by atoms with E-state index in [1.807, 2.05) is 0 Å². The number of hydrogen-bond donors (Lipinski definition) is 1. The SMILES string of the molecule is CN(F)CCO. The molecule has 0 aliphatic carbocycles. The summed E-state index contributed by atoms with van der Waals surface area (Å²) < 4.78 is 11.4. The molecular weight excluding hydrogens is 85.0 g/mol. The second-order valence-corrected chi connectivity index (χ2v) is 1.05. The third kappa shape index (κ3) is 3.85. The minimum atomic E-state index is -0.118. The molecule has 0 unspecified atom stereocenters. The summed E-state index contributed by atoms with van der Waals surface area (Å²) in [6.07, 6.45) is 0. The first-order valence-corrected chi connectivity index (χ1v) is 1.75. The molecule has 0 aromatic rings. The highest BCUT2D eigenvalue weighted by Gasteiger charge is 1.85. The average molecular weight is 93.1 g/mol. The molecule has 3 heteroatoms. The van der Waals surface area contributed by atoms with Gasteiger partial charge in [0, 0.05) is 7.05 Å².